The maximum atomic E-state index is 13.3. The molecular weight excluding hydrogens is 336 g/mol. The van der Waals surface area contributed by atoms with Gasteiger partial charge in [0.1, 0.15) is 10.6 Å². The maximum Gasteiger partial charge on any atom is 0.249 e. The number of aromatic nitrogens is 1. The number of hydrogen-bond acceptors (Lipinski definition) is 4. The standard InChI is InChI=1S/C19H20N2O3S/c1-15-19(16(2)24-20-15)25(22,23)21(13-17-9-5-3-6-10-17)14-18-11-7-4-8-12-18/h3-12H,13-14H2,1-2H3. The molecule has 0 unspecified atom stereocenters. The molecule has 25 heavy (non-hydrogen) atoms. The summed E-state index contributed by atoms with van der Waals surface area (Å²) in [6.07, 6.45) is 0. The molecule has 0 bridgehead atoms. The third-order valence-corrected chi connectivity index (χ3v) is 6.01. The molecule has 0 saturated heterocycles. The molecule has 0 aliphatic heterocycles. The summed E-state index contributed by atoms with van der Waals surface area (Å²) in [6.45, 7) is 3.83. The second-order valence-corrected chi connectivity index (χ2v) is 7.77. The lowest BCUT2D eigenvalue weighted by molar-refractivity contribution is 0.385. The van der Waals surface area contributed by atoms with Gasteiger partial charge < -0.3 is 4.52 Å². The van der Waals surface area contributed by atoms with Gasteiger partial charge in [0.05, 0.1) is 0 Å². The van der Waals surface area contributed by atoms with Crippen LogP contribution >= 0.6 is 0 Å². The summed E-state index contributed by atoms with van der Waals surface area (Å²) in [7, 11) is -3.74. The monoisotopic (exact) mass is 356 g/mol. The molecule has 0 aliphatic carbocycles. The van der Waals surface area contributed by atoms with Gasteiger partial charge in [-0.15, -0.1) is 0 Å². The van der Waals surface area contributed by atoms with Crippen molar-refractivity contribution >= 4 is 10.0 Å². The van der Waals surface area contributed by atoms with Crippen molar-refractivity contribution in [1.29, 1.82) is 0 Å². The van der Waals surface area contributed by atoms with Crippen molar-refractivity contribution in [2.24, 2.45) is 0 Å². The van der Waals surface area contributed by atoms with E-state index in [1.54, 1.807) is 13.8 Å². The zero-order valence-corrected chi connectivity index (χ0v) is 15.0. The molecule has 0 saturated carbocycles. The summed E-state index contributed by atoms with van der Waals surface area (Å²) >= 11 is 0. The maximum absolute atomic E-state index is 13.3. The lowest BCUT2D eigenvalue weighted by Crippen LogP contribution is -2.31. The topological polar surface area (TPSA) is 63.4 Å². The molecule has 2 aromatic carbocycles. The van der Waals surface area contributed by atoms with E-state index in [0.29, 0.717) is 11.5 Å². The normalized spacial score (nSPS) is 11.8. The number of sulfonamides is 1. The quantitative estimate of drug-likeness (QED) is 0.676. The van der Waals surface area contributed by atoms with Crippen LogP contribution in [0.1, 0.15) is 22.6 Å². The third-order valence-electron chi connectivity index (χ3n) is 3.97. The number of benzene rings is 2. The smallest absolute Gasteiger partial charge is 0.249 e. The Hall–Kier alpha value is -2.44. The Morgan fingerprint density at radius 2 is 1.36 bits per heavy atom. The molecule has 0 spiro atoms. The summed E-state index contributed by atoms with van der Waals surface area (Å²) in [5.41, 5.74) is 2.23. The first kappa shape index (κ1) is 17.4. The Morgan fingerprint density at radius 3 is 1.76 bits per heavy atom. The summed E-state index contributed by atoms with van der Waals surface area (Å²) in [5.74, 6) is 0.309. The fourth-order valence-corrected chi connectivity index (χ4v) is 4.48. The fraction of sp³-hybridized carbons (Fsp3) is 0.211. The highest BCUT2D eigenvalue weighted by atomic mass is 32.2. The molecule has 0 atom stereocenters. The molecule has 0 aliphatic rings. The molecule has 3 rings (SSSR count). The zero-order valence-electron chi connectivity index (χ0n) is 14.2. The molecule has 1 aromatic heterocycles. The molecule has 3 aromatic rings. The second-order valence-electron chi connectivity index (χ2n) is 5.90. The molecule has 0 radical (unpaired) electrons. The lowest BCUT2D eigenvalue weighted by atomic mass is 10.2. The Labute approximate surface area is 147 Å². The first-order chi connectivity index (χ1) is 12.0. The van der Waals surface area contributed by atoms with Gasteiger partial charge in [0, 0.05) is 13.1 Å². The van der Waals surface area contributed by atoms with E-state index >= 15 is 0 Å². The van der Waals surface area contributed by atoms with Crippen molar-refractivity contribution in [3.8, 4) is 0 Å². The molecule has 0 fully saturated rings. The Morgan fingerprint density at radius 1 is 0.880 bits per heavy atom. The summed E-state index contributed by atoms with van der Waals surface area (Å²) in [5, 5.41) is 3.80. The molecular formula is C19H20N2O3S. The van der Waals surface area contributed by atoms with Gasteiger partial charge in [-0.2, -0.15) is 4.31 Å². The van der Waals surface area contributed by atoms with Gasteiger partial charge in [0.2, 0.25) is 10.0 Å². The average molecular weight is 356 g/mol. The van der Waals surface area contributed by atoms with E-state index in [1.165, 1.54) is 4.31 Å². The predicted molar refractivity (Wildman–Crippen MR) is 95.3 cm³/mol. The van der Waals surface area contributed by atoms with Gasteiger partial charge in [-0.1, -0.05) is 65.8 Å². The van der Waals surface area contributed by atoms with Gasteiger partial charge in [-0.05, 0) is 25.0 Å². The minimum absolute atomic E-state index is 0.152. The van der Waals surface area contributed by atoms with Gasteiger partial charge in [-0.3, -0.25) is 0 Å². The van der Waals surface area contributed by atoms with E-state index in [4.69, 9.17) is 4.52 Å². The van der Waals surface area contributed by atoms with E-state index in [1.807, 2.05) is 60.7 Å². The van der Waals surface area contributed by atoms with Crippen LogP contribution in [0, 0.1) is 13.8 Å². The molecule has 130 valence electrons. The van der Waals surface area contributed by atoms with Crippen LogP contribution in [-0.4, -0.2) is 17.9 Å². The first-order valence-electron chi connectivity index (χ1n) is 7.99. The number of hydrogen-bond donors (Lipinski definition) is 0. The fourth-order valence-electron chi connectivity index (χ4n) is 2.77. The third kappa shape index (κ3) is 3.81. The number of rotatable bonds is 6. The van der Waals surface area contributed by atoms with E-state index in [-0.39, 0.29) is 18.0 Å². The minimum Gasteiger partial charge on any atom is -0.360 e. The van der Waals surface area contributed by atoms with Crippen LogP contribution < -0.4 is 0 Å². The molecule has 5 nitrogen and oxygen atoms in total. The van der Waals surface area contributed by atoms with Crippen molar-refractivity contribution in [2.45, 2.75) is 31.8 Å². The van der Waals surface area contributed by atoms with Crippen LogP contribution in [0.2, 0.25) is 0 Å². The highest BCUT2D eigenvalue weighted by Crippen LogP contribution is 2.26. The SMILES string of the molecule is Cc1noc(C)c1S(=O)(=O)N(Cc1ccccc1)Cc1ccccc1. The van der Waals surface area contributed by atoms with Gasteiger partial charge in [0.25, 0.3) is 0 Å². The van der Waals surface area contributed by atoms with Crippen molar-refractivity contribution < 1.29 is 12.9 Å². The Kier molecular flexibility index (Phi) is 5.01. The highest BCUT2D eigenvalue weighted by Gasteiger charge is 2.31. The zero-order chi connectivity index (χ0) is 17.9. The van der Waals surface area contributed by atoms with Crippen molar-refractivity contribution in [1.82, 2.24) is 9.46 Å². The van der Waals surface area contributed by atoms with Crippen molar-refractivity contribution in [2.75, 3.05) is 0 Å². The average Bonchev–Trinajstić information content (AvgIpc) is 2.95. The van der Waals surface area contributed by atoms with Crippen LogP contribution in [0.5, 0.6) is 0 Å². The Balaban J connectivity index is 2.01. The molecule has 0 N–H and O–H groups in total. The highest BCUT2D eigenvalue weighted by molar-refractivity contribution is 7.89. The van der Waals surface area contributed by atoms with Gasteiger partial charge in [-0.25, -0.2) is 8.42 Å². The van der Waals surface area contributed by atoms with Gasteiger partial charge >= 0.3 is 0 Å². The van der Waals surface area contributed by atoms with Crippen molar-refractivity contribution in [3.05, 3.63) is 83.2 Å². The number of nitrogens with zero attached hydrogens (tertiary/aromatic N) is 2. The van der Waals surface area contributed by atoms with Crippen molar-refractivity contribution in [3.63, 3.8) is 0 Å². The van der Waals surface area contributed by atoms with E-state index in [9.17, 15) is 8.42 Å². The largest absolute Gasteiger partial charge is 0.360 e. The van der Waals surface area contributed by atoms with Crippen LogP contribution in [0.15, 0.2) is 70.1 Å². The second kappa shape index (κ2) is 7.21. The van der Waals surface area contributed by atoms with Crippen LogP contribution in [-0.2, 0) is 23.1 Å². The molecule has 6 heteroatoms. The number of aryl methyl sites for hydroxylation is 2. The molecule has 0 amide bonds. The van der Waals surface area contributed by atoms with Crippen LogP contribution in [0.4, 0.5) is 0 Å². The van der Waals surface area contributed by atoms with E-state index in [2.05, 4.69) is 5.16 Å². The van der Waals surface area contributed by atoms with Crippen LogP contribution in [0.25, 0.3) is 0 Å². The summed E-state index contributed by atoms with van der Waals surface area (Å²) in [4.78, 5) is 0.152. The predicted octanol–water partition coefficient (Wildman–Crippen LogP) is 3.68. The molecule has 1 heterocycles. The summed E-state index contributed by atoms with van der Waals surface area (Å²) in [6, 6.07) is 19.1. The minimum atomic E-state index is -3.74. The van der Waals surface area contributed by atoms with E-state index < -0.39 is 10.0 Å². The Bertz CT molecular complexity index is 874. The first-order valence-corrected chi connectivity index (χ1v) is 9.43. The lowest BCUT2D eigenvalue weighted by Gasteiger charge is -2.22. The van der Waals surface area contributed by atoms with Crippen LogP contribution in [0.3, 0.4) is 0 Å². The van der Waals surface area contributed by atoms with Gasteiger partial charge in [0.15, 0.2) is 5.76 Å². The summed E-state index contributed by atoms with van der Waals surface area (Å²) < 4.78 is 33.1. The van der Waals surface area contributed by atoms with E-state index in [0.717, 1.165) is 11.1 Å².